The summed E-state index contributed by atoms with van der Waals surface area (Å²) in [5.74, 6) is 2.40. The molecule has 27 heavy (non-hydrogen) atoms. The van der Waals surface area contributed by atoms with E-state index in [1.165, 1.54) is 21.3 Å². The van der Waals surface area contributed by atoms with Crippen LogP contribution in [0.25, 0.3) is 11.4 Å². The smallest absolute Gasteiger partial charge is 0.260 e. The summed E-state index contributed by atoms with van der Waals surface area (Å²) in [7, 11) is 6.11. The van der Waals surface area contributed by atoms with E-state index in [-0.39, 0.29) is 5.89 Å². The van der Waals surface area contributed by atoms with E-state index in [0.29, 0.717) is 28.6 Å². The molecule has 2 aromatic carbocycles. The van der Waals surface area contributed by atoms with Gasteiger partial charge in [-0.2, -0.15) is 4.98 Å². The van der Waals surface area contributed by atoms with Gasteiger partial charge in [-0.25, -0.2) is 0 Å². The van der Waals surface area contributed by atoms with Crippen LogP contribution in [0.3, 0.4) is 0 Å². The van der Waals surface area contributed by atoms with Crippen molar-refractivity contribution in [3.63, 3.8) is 0 Å². The number of aliphatic hydroxyl groups excluding tert-OH is 1. The van der Waals surface area contributed by atoms with Crippen LogP contribution < -0.4 is 18.9 Å². The number of hydrogen-bond acceptors (Lipinski definition) is 8. The Morgan fingerprint density at radius 1 is 0.889 bits per heavy atom. The van der Waals surface area contributed by atoms with Gasteiger partial charge in [0.05, 0.1) is 28.4 Å². The Kier molecular flexibility index (Phi) is 5.46. The molecule has 1 N–H and O–H groups in total. The molecule has 0 aliphatic heterocycles. The summed E-state index contributed by atoms with van der Waals surface area (Å²) in [6.07, 6.45) is -1.15. The first-order valence-corrected chi connectivity index (χ1v) is 8.07. The normalized spacial score (nSPS) is 11.7. The van der Waals surface area contributed by atoms with Crippen molar-refractivity contribution in [2.45, 2.75) is 6.10 Å². The Morgan fingerprint density at radius 3 is 2.04 bits per heavy atom. The molecule has 0 radical (unpaired) electrons. The first kappa shape index (κ1) is 18.5. The number of benzene rings is 2. The van der Waals surface area contributed by atoms with Crippen molar-refractivity contribution in [1.82, 2.24) is 10.1 Å². The van der Waals surface area contributed by atoms with Gasteiger partial charge in [0.25, 0.3) is 5.89 Å². The van der Waals surface area contributed by atoms with E-state index in [9.17, 15) is 5.11 Å². The minimum absolute atomic E-state index is 0.0510. The van der Waals surface area contributed by atoms with Crippen molar-refractivity contribution in [1.29, 1.82) is 0 Å². The van der Waals surface area contributed by atoms with Crippen molar-refractivity contribution in [3.8, 4) is 34.4 Å². The number of hydrogen-bond donors (Lipinski definition) is 1. The number of aromatic nitrogens is 2. The lowest BCUT2D eigenvalue weighted by atomic mass is 10.1. The van der Waals surface area contributed by atoms with Gasteiger partial charge in [-0.1, -0.05) is 5.16 Å². The van der Waals surface area contributed by atoms with Gasteiger partial charge >= 0.3 is 0 Å². The maximum atomic E-state index is 10.7. The van der Waals surface area contributed by atoms with E-state index in [4.69, 9.17) is 23.5 Å². The third kappa shape index (κ3) is 3.65. The molecule has 0 fully saturated rings. The molecule has 8 nitrogen and oxygen atoms in total. The minimum Gasteiger partial charge on any atom is -0.497 e. The number of nitrogens with zero attached hydrogens (tertiary/aromatic N) is 2. The van der Waals surface area contributed by atoms with Crippen molar-refractivity contribution in [2.24, 2.45) is 0 Å². The first-order chi connectivity index (χ1) is 13.1. The molecule has 0 saturated heterocycles. The molecule has 3 rings (SSSR count). The number of aliphatic hydroxyl groups is 1. The van der Waals surface area contributed by atoms with Gasteiger partial charge in [-0.05, 0) is 42.0 Å². The SMILES string of the molecule is COc1ccc(-c2noc(C(O)c3cc(OC)c(OC)c(OC)c3)n2)cc1. The van der Waals surface area contributed by atoms with Crippen LogP contribution in [0.5, 0.6) is 23.0 Å². The van der Waals surface area contributed by atoms with E-state index < -0.39 is 6.10 Å². The summed E-state index contributed by atoms with van der Waals surface area (Å²) in [6, 6.07) is 10.5. The summed E-state index contributed by atoms with van der Waals surface area (Å²) in [5, 5.41) is 14.6. The molecular weight excluding hydrogens is 352 g/mol. The zero-order valence-corrected chi connectivity index (χ0v) is 15.4. The largest absolute Gasteiger partial charge is 0.497 e. The molecule has 1 unspecified atom stereocenters. The molecule has 1 atom stereocenters. The second-order valence-electron chi connectivity index (χ2n) is 5.55. The average molecular weight is 372 g/mol. The summed E-state index contributed by atoms with van der Waals surface area (Å²) in [4.78, 5) is 4.28. The second-order valence-corrected chi connectivity index (χ2v) is 5.55. The quantitative estimate of drug-likeness (QED) is 0.676. The summed E-state index contributed by atoms with van der Waals surface area (Å²) in [6.45, 7) is 0. The van der Waals surface area contributed by atoms with Crippen molar-refractivity contribution in [3.05, 3.63) is 47.9 Å². The lowest BCUT2D eigenvalue weighted by Gasteiger charge is -2.15. The van der Waals surface area contributed by atoms with Crippen LogP contribution in [0.1, 0.15) is 17.6 Å². The standard InChI is InChI=1S/C19H20N2O6/c1-23-13-7-5-11(6-8-13)18-20-19(27-21-18)16(22)12-9-14(24-2)17(26-4)15(10-12)25-3/h5-10,16,22H,1-4H3. The fraction of sp³-hybridized carbons (Fsp3) is 0.263. The Morgan fingerprint density at radius 2 is 1.52 bits per heavy atom. The van der Waals surface area contributed by atoms with E-state index in [0.717, 1.165) is 11.3 Å². The van der Waals surface area contributed by atoms with Gasteiger partial charge in [0, 0.05) is 5.56 Å². The topological polar surface area (TPSA) is 96.1 Å². The predicted molar refractivity (Wildman–Crippen MR) is 96.4 cm³/mol. The molecule has 0 bridgehead atoms. The van der Waals surface area contributed by atoms with E-state index in [2.05, 4.69) is 10.1 Å². The first-order valence-electron chi connectivity index (χ1n) is 8.07. The second kappa shape index (κ2) is 7.96. The average Bonchev–Trinajstić information content (AvgIpc) is 3.22. The van der Waals surface area contributed by atoms with Crippen molar-refractivity contribution < 1.29 is 28.6 Å². The lowest BCUT2D eigenvalue weighted by molar-refractivity contribution is 0.169. The zero-order chi connectivity index (χ0) is 19.4. The highest BCUT2D eigenvalue weighted by atomic mass is 16.5. The number of methoxy groups -OCH3 is 4. The Hall–Kier alpha value is -3.26. The van der Waals surface area contributed by atoms with Crippen LogP contribution in [-0.2, 0) is 0 Å². The molecule has 0 saturated carbocycles. The molecule has 0 aliphatic carbocycles. The number of ether oxygens (including phenoxy) is 4. The van der Waals surface area contributed by atoms with E-state index in [1.54, 1.807) is 43.5 Å². The molecule has 8 heteroatoms. The van der Waals surface area contributed by atoms with Crippen LogP contribution in [0.4, 0.5) is 0 Å². The van der Waals surface area contributed by atoms with Crippen molar-refractivity contribution >= 4 is 0 Å². The zero-order valence-electron chi connectivity index (χ0n) is 15.4. The van der Waals surface area contributed by atoms with Crippen LogP contribution in [0.2, 0.25) is 0 Å². The van der Waals surface area contributed by atoms with Gasteiger partial charge in [-0.15, -0.1) is 0 Å². The fourth-order valence-electron chi connectivity index (χ4n) is 2.61. The maximum Gasteiger partial charge on any atom is 0.260 e. The fourth-order valence-corrected chi connectivity index (χ4v) is 2.61. The van der Waals surface area contributed by atoms with Gasteiger partial charge in [0.15, 0.2) is 17.6 Å². The minimum atomic E-state index is -1.15. The molecular formula is C19H20N2O6. The van der Waals surface area contributed by atoms with E-state index >= 15 is 0 Å². The predicted octanol–water partition coefficient (Wildman–Crippen LogP) is 2.85. The Bertz CT molecular complexity index is 882. The molecule has 3 aromatic rings. The monoisotopic (exact) mass is 372 g/mol. The van der Waals surface area contributed by atoms with Gasteiger partial charge in [0.2, 0.25) is 11.6 Å². The van der Waals surface area contributed by atoms with Crippen LogP contribution in [0, 0.1) is 0 Å². The van der Waals surface area contributed by atoms with Gasteiger partial charge in [0.1, 0.15) is 5.75 Å². The highest BCUT2D eigenvalue weighted by Crippen LogP contribution is 2.40. The molecule has 0 spiro atoms. The van der Waals surface area contributed by atoms with Crippen molar-refractivity contribution in [2.75, 3.05) is 28.4 Å². The highest BCUT2D eigenvalue weighted by Gasteiger charge is 2.23. The summed E-state index contributed by atoms with van der Waals surface area (Å²) < 4.78 is 26.3. The number of rotatable bonds is 7. The summed E-state index contributed by atoms with van der Waals surface area (Å²) in [5.41, 5.74) is 1.21. The maximum absolute atomic E-state index is 10.7. The summed E-state index contributed by atoms with van der Waals surface area (Å²) >= 11 is 0. The molecule has 1 heterocycles. The van der Waals surface area contributed by atoms with Gasteiger partial charge < -0.3 is 28.6 Å². The Balaban J connectivity index is 1.92. The molecule has 0 aliphatic rings. The van der Waals surface area contributed by atoms with Crippen LogP contribution in [0.15, 0.2) is 40.9 Å². The van der Waals surface area contributed by atoms with Crippen LogP contribution >= 0.6 is 0 Å². The molecule has 0 amide bonds. The third-order valence-electron chi connectivity index (χ3n) is 4.03. The van der Waals surface area contributed by atoms with Crippen LogP contribution in [-0.4, -0.2) is 43.7 Å². The van der Waals surface area contributed by atoms with E-state index in [1.807, 2.05) is 0 Å². The molecule has 1 aromatic heterocycles. The highest BCUT2D eigenvalue weighted by molar-refractivity contribution is 5.56. The lowest BCUT2D eigenvalue weighted by Crippen LogP contribution is -2.03. The molecule has 142 valence electrons. The Labute approximate surface area is 156 Å². The third-order valence-corrected chi connectivity index (χ3v) is 4.03. The van der Waals surface area contributed by atoms with Gasteiger partial charge in [-0.3, -0.25) is 0 Å².